The normalized spacial score (nSPS) is 17.9. The van der Waals surface area contributed by atoms with E-state index in [1.807, 2.05) is 41.8 Å². The fourth-order valence-corrected chi connectivity index (χ4v) is 6.25. The molecule has 7 nitrogen and oxygen atoms in total. The molecule has 1 N–H and O–H groups in total. The van der Waals surface area contributed by atoms with Gasteiger partial charge in [0, 0.05) is 40.1 Å². The van der Waals surface area contributed by atoms with E-state index < -0.39 is 15.6 Å². The Balaban J connectivity index is 1.57. The molecular formula is C25H28ClN3O4S2. The summed E-state index contributed by atoms with van der Waals surface area (Å²) >= 11 is 7.66. The van der Waals surface area contributed by atoms with Crippen molar-refractivity contribution in [1.82, 2.24) is 14.5 Å². The summed E-state index contributed by atoms with van der Waals surface area (Å²) < 4.78 is 27.2. The first-order valence-corrected chi connectivity index (χ1v) is 14.3. The Morgan fingerprint density at radius 1 is 1.20 bits per heavy atom. The van der Waals surface area contributed by atoms with E-state index in [1.54, 1.807) is 28.9 Å². The minimum Gasteiger partial charge on any atom is -0.336 e. The summed E-state index contributed by atoms with van der Waals surface area (Å²) in [6.07, 6.45) is 0.815. The van der Waals surface area contributed by atoms with Gasteiger partial charge in [-0.3, -0.25) is 9.59 Å². The zero-order valence-corrected chi connectivity index (χ0v) is 22.0. The van der Waals surface area contributed by atoms with Gasteiger partial charge in [-0.2, -0.15) is 0 Å². The lowest BCUT2D eigenvalue weighted by Gasteiger charge is -2.51. The molecule has 0 aliphatic carbocycles. The van der Waals surface area contributed by atoms with Crippen LogP contribution in [-0.2, 0) is 21.4 Å². The van der Waals surface area contributed by atoms with Crippen molar-refractivity contribution in [3.05, 3.63) is 70.1 Å². The molecule has 2 heterocycles. The van der Waals surface area contributed by atoms with E-state index in [1.165, 1.54) is 18.4 Å². The van der Waals surface area contributed by atoms with Gasteiger partial charge in [0.05, 0.1) is 11.3 Å². The molecule has 1 fully saturated rings. The van der Waals surface area contributed by atoms with Crippen molar-refractivity contribution in [2.24, 2.45) is 0 Å². The molecule has 2 aromatic carbocycles. The number of benzene rings is 2. The van der Waals surface area contributed by atoms with Crippen molar-refractivity contribution >= 4 is 54.9 Å². The van der Waals surface area contributed by atoms with Crippen LogP contribution in [0.15, 0.2) is 53.9 Å². The summed E-state index contributed by atoms with van der Waals surface area (Å²) in [5.74, 6) is -0.452. The quantitative estimate of drug-likeness (QED) is 0.448. The second kappa shape index (κ2) is 10.3. The smallest absolute Gasteiger partial charge is 0.256 e. The molecule has 0 radical (unpaired) electrons. The first-order chi connectivity index (χ1) is 16.6. The van der Waals surface area contributed by atoms with E-state index in [9.17, 15) is 18.0 Å². The highest BCUT2D eigenvalue weighted by atomic mass is 35.5. The number of amides is 2. The fourth-order valence-electron chi connectivity index (χ4n) is 4.39. The fraction of sp³-hybridized carbons (Fsp3) is 0.360. The summed E-state index contributed by atoms with van der Waals surface area (Å²) in [5.41, 5.74) is 0.443. The van der Waals surface area contributed by atoms with Crippen LogP contribution in [0.25, 0.3) is 10.1 Å². The predicted octanol–water partition coefficient (Wildman–Crippen LogP) is 4.13. The van der Waals surface area contributed by atoms with Crippen LogP contribution in [0, 0.1) is 0 Å². The number of fused-ring (bicyclic) bond motifs is 1. The van der Waals surface area contributed by atoms with E-state index in [-0.39, 0.29) is 37.1 Å². The Morgan fingerprint density at radius 2 is 1.97 bits per heavy atom. The van der Waals surface area contributed by atoms with E-state index in [0.29, 0.717) is 23.6 Å². The third-order valence-electron chi connectivity index (χ3n) is 6.54. The van der Waals surface area contributed by atoms with Gasteiger partial charge >= 0.3 is 0 Å². The van der Waals surface area contributed by atoms with Crippen molar-refractivity contribution < 1.29 is 18.0 Å². The van der Waals surface area contributed by atoms with E-state index >= 15 is 0 Å². The predicted molar refractivity (Wildman–Crippen MR) is 140 cm³/mol. The maximum absolute atomic E-state index is 13.8. The number of halogens is 1. The molecule has 1 aromatic heterocycles. The Labute approximate surface area is 214 Å². The SMILES string of the molecule is CNS(=O)(=O)CCCN(Cc1cccc(Cl)c1)C(=O)C1(C)CCN1C(=O)c1csc2ccccc12. The highest BCUT2D eigenvalue weighted by Gasteiger charge is 2.51. The van der Waals surface area contributed by atoms with Crippen molar-refractivity contribution in [2.45, 2.75) is 31.8 Å². The van der Waals surface area contributed by atoms with Crippen LogP contribution in [-0.4, -0.2) is 61.5 Å². The second-order valence-corrected chi connectivity index (χ2v) is 12.3. The number of sulfonamides is 1. The lowest BCUT2D eigenvalue weighted by Crippen LogP contribution is -2.67. The van der Waals surface area contributed by atoms with Crippen LogP contribution in [0.1, 0.15) is 35.7 Å². The summed E-state index contributed by atoms with van der Waals surface area (Å²) in [7, 11) is -2.02. The van der Waals surface area contributed by atoms with Gasteiger partial charge < -0.3 is 9.80 Å². The number of rotatable bonds is 9. The van der Waals surface area contributed by atoms with Gasteiger partial charge in [-0.15, -0.1) is 11.3 Å². The van der Waals surface area contributed by atoms with Gasteiger partial charge in [-0.25, -0.2) is 13.1 Å². The van der Waals surface area contributed by atoms with Gasteiger partial charge in [0.1, 0.15) is 5.54 Å². The molecule has 0 bridgehead atoms. The Morgan fingerprint density at radius 3 is 2.66 bits per heavy atom. The van der Waals surface area contributed by atoms with Crippen LogP contribution in [0.3, 0.4) is 0 Å². The largest absolute Gasteiger partial charge is 0.336 e. The molecular weight excluding hydrogens is 506 g/mol. The molecule has 10 heteroatoms. The summed E-state index contributed by atoms with van der Waals surface area (Å²) in [6.45, 7) is 2.80. The minimum absolute atomic E-state index is 0.0942. The molecule has 1 atom stereocenters. The average molecular weight is 534 g/mol. The molecule has 1 aliphatic heterocycles. The number of likely N-dealkylation sites (tertiary alicyclic amines) is 1. The number of thiophene rings is 1. The first-order valence-electron chi connectivity index (χ1n) is 11.4. The van der Waals surface area contributed by atoms with Crippen LogP contribution < -0.4 is 4.72 Å². The van der Waals surface area contributed by atoms with Gasteiger partial charge in [0.25, 0.3) is 5.91 Å². The number of carbonyl (C=O) groups is 2. The van der Waals surface area contributed by atoms with Crippen molar-refractivity contribution in [3.8, 4) is 0 Å². The highest BCUT2D eigenvalue weighted by molar-refractivity contribution is 7.89. The Hall–Kier alpha value is -2.46. The third-order valence-corrected chi connectivity index (χ3v) is 9.18. The van der Waals surface area contributed by atoms with Gasteiger partial charge in [0.2, 0.25) is 15.9 Å². The standard InChI is InChI=1S/C25H28ClN3O4S2/c1-25(11-13-29(25)23(30)21-17-34-22-10-4-3-9-20(21)22)24(31)28(12-6-14-35(32,33)27-2)16-18-7-5-8-19(26)15-18/h3-5,7-10,15,17,27H,6,11-14,16H2,1-2H3. The number of nitrogens with zero attached hydrogens (tertiary/aromatic N) is 2. The maximum atomic E-state index is 13.8. The molecule has 1 unspecified atom stereocenters. The number of hydrogen-bond donors (Lipinski definition) is 1. The lowest BCUT2D eigenvalue weighted by molar-refractivity contribution is -0.149. The van der Waals surface area contributed by atoms with Gasteiger partial charge in [0.15, 0.2) is 0 Å². The minimum atomic E-state index is -3.39. The zero-order valence-electron chi connectivity index (χ0n) is 19.7. The van der Waals surface area contributed by atoms with Crippen molar-refractivity contribution in [1.29, 1.82) is 0 Å². The monoisotopic (exact) mass is 533 g/mol. The molecule has 4 rings (SSSR count). The van der Waals surface area contributed by atoms with Crippen LogP contribution >= 0.6 is 22.9 Å². The first kappa shape index (κ1) is 25.6. The molecule has 186 valence electrons. The topological polar surface area (TPSA) is 86.8 Å². The molecule has 3 aromatic rings. The van der Waals surface area contributed by atoms with E-state index in [2.05, 4.69) is 4.72 Å². The second-order valence-electron chi connectivity index (χ2n) is 8.86. The molecule has 35 heavy (non-hydrogen) atoms. The van der Waals surface area contributed by atoms with Crippen LogP contribution in [0.2, 0.25) is 5.02 Å². The van der Waals surface area contributed by atoms with Crippen LogP contribution in [0.4, 0.5) is 0 Å². The van der Waals surface area contributed by atoms with Crippen molar-refractivity contribution in [3.63, 3.8) is 0 Å². The zero-order chi connectivity index (χ0) is 25.2. The number of carbonyl (C=O) groups excluding carboxylic acids is 2. The Bertz CT molecular complexity index is 1360. The van der Waals surface area contributed by atoms with Gasteiger partial charge in [-0.05, 0) is 50.6 Å². The number of nitrogens with one attached hydrogen (secondary N) is 1. The van der Waals surface area contributed by atoms with Crippen molar-refractivity contribution in [2.75, 3.05) is 25.9 Å². The van der Waals surface area contributed by atoms with E-state index in [0.717, 1.165) is 15.6 Å². The summed E-state index contributed by atoms with van der Waals surface area (Å²) in [6, 6.07) is 15.0. The number of hydrogen-bond acceptors (Lipinski definition) is 5. The van der Waals surface area contributed by atoms with Crippen LogP contribution in [0.5, 0.6) is 0 Å². The average Bonchev–Trinajstić information content (AvgIpc) is 3.26. The molecule has 1 aliphatic rings. The van der Waals surface area contributed by atoms with Gasteiger partial charge in [-0.1, -0.05) is 41.9 Å². The molecule has 1 saturated heterocycles. The molecule has 2 amide bonds. The lowest BCUT2D eigenvalue weighted by atomic mass is 9.84. The highest BCUT2D eigenvalue weighted by Crippen LogP contribution is 2.37. The third kappa shape index (κ3) is 5.38. The molecule has 0 saturated carbocycles. The maximum Gasteiger partial charge on any atom is 0.256 e. The summed E-state index contributed by atoms with van der Waals surface area (Å²) in [4.78, 5) is 30.6. The summed E-state index contributed by atoms with van der Waals surface area (Å²) in [5, 5.41) is 3.30. The molecule has 0 spiro atoms. The van der Waals surface area contributed by atoms with E-state index in [4.69, 9.17) is 11.6 Å². The Kier molecular flexibility index (Phi) is 7.51.